The van der Waals surface area contributed by atoms with Gasteiger partial charge in [0, 0.05) is 6.54 Å². The summed E-state index contributed by atoms with van der Waals surface area (Å²) in [5.41, 5.74) is 5.52. The molecule has 1 aromatic rings. The van der Waals surface area contributed by atoms with Crippen LogP contribution in [0.5, 0.6) is 0 Å². The normalized spacial score (nSPS) is 10.6. The van der Waals surface area contributed by atoms with Gasteiger partial charge in [-0.25, -0.2) is 4.39 Å². The van der Waals surface area contributed by atoms with E-state index >= 15 is 0 Å². The van der Waals surface area contributed by atoms with Gasteiger partial charge in [-0.15, -0.1) is 0 Å². The highest BCUT2D eigenvalue weighted by Crippen LogP contribution is 2.16. The summed E-state index contributed by atoms with van der Waals surface area (Å²) in [5.74, 6) is -2.33. The minimum atomic E-state index is -1.09. The van der Waals surface area contributed by atoms with Gasteiger partial charge < -0.3 is 10.8 Å². The summed E-state index contributed by atoms with van der Waals surface area (Å²) in [5, 5.41) is 8.67. The van der Waals surface area contributed by atoms with E-state index in [4.69, 9.17) is 22.4 Å². The number of nitrogens with two attached hydrogens (primary N) is 1. The van der Waals surface area contributed by atoms with Crippen molar-refractivity contribution >= 4 is 23.5 Å². The number of carbonyl (C=O) groups is 2. The molecule has 0 atom stereocenters. The second kappa shape index (κ2) is 6.32. The van der Waals surface area contributed by atoms with Gasteiger partial charge in [-0.2, -0.15) is 0 Å². The third-order valence-corrected chi connectivity index (χ3v) is 2.44. The van der Waals surface area contributed by atoms with E-state index in [-0.39, 0.29) is 24.7 Å². The van der Waals surface area contributed by atoms with E-state index in [1.807, 2.05) is 0 Å². The molecule has 5 nitrogen and oxygen atoms in total. The summed E-state index contributed by atoms with van der Waals surface area (Å²) in [6.07, 6.45) is 0. The smallest absolute Gasteiger partial charge is 0.317 e. The zero-order chi connectivity index (χ0) is 13.7. The van der Waals surface area contributed by atoms with Gasteiger partial charge in [-0.05, 0) is 17.7 Å². The first-order valence-electron chi connectivity index (χ1n) is 5.05. The number of aliphatic carboxylic acids is 1. The Labute approximate surface area is 108 Å². The Morgan fingerprint density at radius 1 is 1.39 bits per heavy atom. The zero-order valence-corrected chi connectivity index (χ0v) is 10.2. The van der Waals surface area contributed by atoms with Crippen molar-refractivity contribution in [3.63, 3.8) is 0 Å². The SMILES string of the molecule is NC(=O)CN(CC(=O)O)Cc1ccc(Cl)c(F)c1. The van der Waals surface area contributed by atoms with E-state index in [0.717, 1.165) is 0 Å². The van der Waals surface area contributed by atoms with Crippen molar-refractivity contribution in [1.29, 1.82) is 0 Å². The Hall–Kier alpha value is -1.66. The number of benzene rings is 1. The number of amides is 1. The maximum Gasteiger partial charge on any atom is 0.317 e. The molecule has 3 N–H and O–H groups in total. The van der Waals surface area contributed by atoms with Gasteiger partial charge in [0.15, 0.2) is 0 Å². The van der Waals surface area contributed by atoms with Crippen LogP contribution in [0.3, 0.4) is 0 Å². The molecule has 0 saturated heterocycles. The summed E-state index contributed by atoms with van der Waals surface area (Å²) in [6.45, 7) is -0.465. The number of halogens is 2. The Morgan fingerprint density at radius 2 is 2.06 bits per heavy atom. The van der Waals surface area contributed by atoms with Crippen molar-refractivity contribution in [2.45, 2.75) is 6.54 Å². The summed E-state index contributed by atoms with van der Waals surface area (Å²) in [7, 11) is 0. The molecule has 0 aliphatic heterocycles. The topological polar surface area (TPSA) is 83.6 Å². The number of carboxylic acid groups (broad SMARTS) is 1. The lowest BCUT2D eigenvalue weighted by molar-refractivity contribution is -0.138. The number of carboxylic acids is 1. The van der Waals surface area contributed by atoms with Crippen LogP contribution in [0.15, 0.2) is 18.2 Å². The van der Waals surface area contributed by atoms with E-state index in [1.54, 1.807) is 6.07 Å². The third kappa shape index (κ3) is 4.68. The maximum absolute atomic E-state index is 13.2. The van der Waals surface area contributed by atoms with Gasteiger partial charge in [0.2, 0.25) is 5.91 Å². The maximum atomic E-state index is 13.2. The lowest BCUT2D eigenvalue weighted by Crippen LogP contribution is -2.36. The largest absolute Gasteiger partial charge is 0.480 e. The van der Waals surface area contributed by atoms with E-state index in [2.05, 4.69) is 0 Å². The summed E-state index contributed by atoms with van der Waals surface area (Å²) < 4.78 is 13.2. The number of hydrogen-bond donors (Lipinski definition) is 2. The molecule has 0 aliphatic carbocycles. The Kier molecular flexibility index (Phi) is 5.06. The highest BCUT2D eigenvalue weighted by Gasteiger charge is 2.13. The predicted molar refractivity (Wildman–Crippen MR) is 63.5 cm³/mol. The highest BCUT2D eigenvalue weighted by molar-refractivity contribution is 6.30. The van der Waals surface area contributed by atoms with Gasteiger partial charge in [-0.3, -0.25) is 14.5 Å². The molecule has 1 amide bonds. The first kappa shape index (κ1) is 14.4. The van der Waals surface area contributed by atoms with Gasteiger partial charge in [0.1, 0.15) is 5.82 Å². The monoisotopic (exact) mass is 274 g/mol. The molecule has 0 spiro atoms. The first-order chi connectivity index (χ1) is 8.38. The van der Waals surface area contributed by atoms with Crippen LogP contribution in [0.4, 0.5) is 4.39 Å². The molecule has 1 rings (SSSR count). The van der Waals surface area contributed by atoms with Crippen molar-refractivity contribution in [1.82, 2.24) is 4.90 Å². The van der Waals surface area contributed by atoms with E-state index in [1.165, 1.54) is 17.0 Å². The van der Waals surface area contributed by atoms with E-state index < -0.39 is 17.7 Å². The standard InChI is InChI=1S/C11H12ClFN2O3/c12-8-2-1-7(3-9(8)13)4-15(5-10(14)16)6-11(17)18/h1-3H,4-6H2,(H2,14,16)(H,17,18). The van der Waals surface area contributed by atoms with Crippen molar-refractivity contribution < 1.29 is 19.1 Å². The fourth-order valence-corrected chi connectivity index (χ4v) is 1.59. The fraction of sp³-hybridized carbons (Fsp3) is 0.273. The zero-order valence-electron chi connectivity index (χ0n) is 9.40. The average molecular weight is 275 g/mol. The molecule has 7 heteroatoms. The van der Waals surface area contributed by atoms with Gasteiger partial charge in [0.25, 0.3) is 0 Å². The molecule has 0 aromatic heterocycles. The van der Waals surface area contributed by atoms with Gasteiger partial charge in [-0.1, -0.05) is 17.7 Å². The Bertz CT molecular complexity index is 452. The number of primary amides is 1. The van der Waals surface area contributed by atoms with Crippen LogP contribution in [0.1, 0.15) is 5.56 Å². The fourth-order valence-electron chi connectivity index (χ4n) is 1.48. The number of nitrogens with zero attached hydrogens (tertiary/aromatic N) is 1. The summed E-state index contributed by atoms with van der Waals surface area (Å²) in [6, 6.07) is 4.12. The Morgan fingerprint density at radius 3 is 2.56 bits per heavy atom. The van der Waals surface area contributed by atoms with Crippen LogP contribution in [0.25, 0.3) is 0 Å². The second-order valence-corrected chi connectivity index (χ2v) is 4.16. The Balaban J connectivity index is 2.77. The van der Waals surface area contributed by atoms with Crippen molar-refractivity contribution in [2.24, 2.45) is 5.73 Å². The number of carbonyl (C=O) groups excluding carboxylic acids is 1. The highest BCUT2D eigenvalue weighted by atomic mass is 35.5. The summed E-state index contributed by atoms with van der Waals surface area (Å²) in [4.78, 5) is 22.7. The second-order valence-electron chi connectivity index (χ2n) is 3.75. The van der Waals surface area contributed by atoms with Crippen LogP contribution in [0, 0.1) is 5.82 Å². The van der Waals surface area contributed by atoms with Gasteiger partial charge >= 0.3 is 5.97 Å². The molecule has 0 bridgehead atoms. The van der Waals surface area contributed by atoms with Crippen LogP contribution >= 0.6 is 11.6 Å². The van der Waals surface area contributed by atoms with Crippen LogP contribution in [-0.4, -0.2) is 35.0 Å². The average Bonchev–Trinajstić information content (AvgIpc) is 2.21. The molecule has 0 radical (unpaired) electrons. The predicted octanol–water partition coefficient (Wildman–Crippen LogP) is 0.851. The molecule has 0 fully saturated rings. The van der Waals surface area contributed by atoms with Crippen LogP contribution < -0.4 is 5.73 Å². The molecule has 18 heavy (non-hydrogen) atoms. The molecular weight excluding hydrogens is 263 g/mol. The van der Waals surface area contributed by atoms with Crippen molar-refractivity contribution in [3.8, 4) is 0 Å². The van der Waals surface area contributed by atoms with Crippen LogP contribution in [0.2, 0.25) is 5.02 Å². The molecular formula is C11H12ClFN2O3. The quantitative estimate of drug-likeness (QED) is 0.805. The van der Waals surface area contributed by atoms with E-state index in [0.29, 0.717) is 5.56 Å². The lowest BCUT2D eigenvalue weighted by atomic mass is 10.2. The van der Waals surface area contributed by atoms with Crippen molar-refractivity contribution in [3.05, 3.63) is 34.6 Å². The van der Waals surface area contributed by atoms with Crippen molar-refractivity contribution in [2.75, 3.05) is 13.1 Å². The molecule has 0 saturated carbocycles. The number of rotatable bonds is 6. The molecule has 0 unspecified atom stereocenters. The number of hydrogen-bond acceptors (Lipinski definition) is 3. The third-order valence-electron chi connectivity index (χ3n) is 2.13. The molecule has 0 aliphatic rings. The first-order valence-corrected chi connectivity index (χ1v) is 5.42. The molecule has 0 heterocycles. The minimum absolute atomic E-state index is 0.0153. The van der Waals surface area contributed by atoms with Gasteiger partial charge in [0.05, 0.1) is 18.1 Å². The minimum Gasteiger partial charge on any atom is -0.480 e. The van der Waals surface area contributed by atoms with E-state index in [9.17, 15) is 14.0 Å². The molecule has 98 valence electrons. The summed E-state index contributed by atoms with van der Waals surface area (Å²) >= 11 is 5.53. The van der Waals surface area contributed by atoms with Crippen LogP contribution in [-0.2, 0) is 16.1 Å². The lowest BCUT2D eigenvalue weighted by Gasteiger charge is -2.18. The molecule has 1 aromatic carbocycles.